The van der Waals surface area contributed by atoms with Gasteiger partial charge in [-0.1, -0.05) is 123 Å². The van der Waals surface area contributed by atoms with E-state index >= 15 is 0 Å². The molecule has 278 valence electrons. The Bertz CT molecular complexity index is 3960. The van der Waals surface area contributed by atoms with Crippen molar-refractivity contribution in [3.05, 3.63) is 198 Å². The van der Waals surface area contributed by atoms with Crippen molar-refractivity contribution in [1.29, 1.82) is 0 Å². The third kappa shape index (κ3) is 4.43. The van der Waals surface area contributed by atoms with Crippen LogP contribution in [0.25, 0.3) is 118 Å². The third-order valence-corrected chi connectivity index (χ3v) is 12.5. The zero-order valence-corrected chi connectivity index (χ0v) is 32.5. The largest absolute Gasteiger partial charge is 0.457 e. The number of nitrogens with zero attached hydrogens (tertiary/aromatic N) is 3. The molecule has 12 aromatic rings. The van der Waals surface area contributed by atoms with E-state index in [2.05, 4.69) is 180 Å². The summed E-state index contributed by atoms with van der Waals surface area (Å²) in [5.74, 6) is 0. The molecule has 0 fully saturated rings. The lowest BCUT2D eigenvalue weighted by Crippen LogP contribution is -2.21. The molecule has 0 bridgehead atoms. The average molecular weight is 756 g/mol. The quantitative estimate of drug-likeness (QED) is 0.172. The Morgan fingerprint density at radius 2 is 1.20 bits per heavy atom. The first-order chi connectivity index (χ1) is 29.1. The number of allylic oxidation sites excluding steroid dienone is 1. The van der Waals surface area contributed by atoms with Crippen LogP contribution in [-0.2, 0) is 0 Å². The molecule has 7 aromatic carbocycles. The van der Waals surface area contributed by atoms with E-state index < -0.39 is 0 Å². The highest BCUT2D eigenvalue weighted by Gasteiger charge is 2.23. The molecule has 0 radical (unpaired) electrons. The van der Waals surface area contributed by atoms with Gasteiger partial charge >= 0.3 is 0 Å². The molecule has 0 unspecified atom stereocenters. The Morgan fingerprint density at radius 3 is 2.00 bits per heavy atom. The number of rotatable bonds is 5. The normalized spacial score (nSPS) is 13.1. The van der Waals surface area contributed by atoms with Crippen molar-refractivity contribution < 1.29 is 4.42 Å². The molecule has 4 nitrogen and oxygen atoms in total. The maximum atomic E-state index is 6.19. The van der Waals surface area contributed by atoms with Gasteiger partial charge in [-0.2, -0.15) is 0 Å². The van der Waals surface area contributed by atoms with Crippen LogP contribution in [0, 0.1) is 0 Å². The smallest absolute Gasteiger partial charge is 0.135 e. The first-order valence-corrected chi connectivity index (χ1v) is 20.1. The van der Waals surface area contributed by atoms with Crippen LogP contribution in [0.1, 0.15) is 18.1 Å². The van der Waals surface area contributed by atoms with E-state index in [0.717, 1.165) is 66.2 Å². The summed E-state index contributed by atoms with van der Waals surface area (Å²) in [6.45, 7) is 15.1. The minimum absolute atomic E-state index is 0.631. The minimum Gasteiger partial charge on any atom is -0.457 e. The second kappa shape index (κ2) is 12.3. The van der Waals surface area contributed by atoms with E-state index in [1.54, 1.807) is 0 Å². The molecule has 5 heterocycles. The van der Waals surface area contributed by atoms with Gasteiger partial charge in [0, 0.05) is 65.1 Å². The molecule has 0 aliphatic heterocycles. The summed E-state index contributed by atoms with van der Waals surface area (Å²) >= 11 is 0. The second-order valence-electron chi connectivity index (χ2n) is 15.3. The van der Waals surface area contributed by atoms with Gasteiger partial charge in [0.15, 0.2) is 0 Å². The molecule has 59 heavy (non-hydrogen) atoms. The Hall–Kier alpha value is -7.82. The zero-order chi connectivity index (χ0) is 39.5. The van der Waals surface area contributed by atoms with Crippen LogP contribution in [0.15, 0.2) is 175 Å². The van der Waals surface area contributed by atoms with Gasteiger partial charge in [0.2, 0.25) is 0 Å². The number of fused-ring (bicyclic) bond motifs is 13. The minimum atomic E-state index is 0.631. The van der Waals surface area contributed by atoms with E-state index in [-0.39, 0.29) is 0 Å². The summed E-state index contributed by atoms with van der Waals surface area (Å²) in [4.78, 5) is 0. The van der Waals surface area contributed by atoms with Gasteiger partial charge in [-0.25, -0.2) is 0 Å². The molecule has 12 rings (SSSR count). The predicted molar refractivity (Wildman–Crippen MR) is 250 cm³/mol. The fraction of sp³-hybridized carbons (Fsp3) is 0.0182. The number of furan rings is 1. The van der Waals surface area contributed by atoms with E-state index in [1.165, 1.54) is 54.2 Å². The van der Waals surface area contributed by atoms with Crippen molar-refractivity contribution in [1.82, 2.24) is 13.5 Å². The molecule has 0 saturated heterocycles. The lowest BCUT2D eigenvalue weighted by atomic mass is 9.98. The highest BCUT2D eigenvalue weighted by atomic mass is 16.3. The molecular weight excluding hydrogens is 719 g/mol. The van der Waals surface area contributed by atoms with Crippen molar-refractivity contribution in [3.63, 3.8) is 0 Å². The zero-order valence-electron chi connectivity index (χ0n) is 32.5. The van der Waals surface area contributed by atoms with Crippen molar-refractivity contribution >= 4 is 106 Å². The summed E-state index contributed by atoms with van der Waals surface area (Å²) in [7, 11) is 0. The summed E-state index contributed by atoms with van der Waals surface area (Å²) in [5, 5.41) is 10.4. The molecule has 5 aromatic heterocycles. The van der Waals surface area contributed by atoms with Crippen LogP contribution >= 0.6 is 0 Å². The molecule has 0 aliphatic carbocycles. The molecule has 4 heteroatoms. The monoisotopic (exact) mass is 755 g/mol. The fourth-order valence-electron chi connectivity index (χ4n) is 10.1. The van der Waals surface area contributed by atoms with Crippen LogP contribution in [0.2, 0.25) is 0 Å². The number of aromatic nitrogens is 3. The third-order valence-electron chi connectivity index (χ3n) is 12.5. The van der Waals surface area contributed by atoms with Gasteiger partial charge in [0.1, 0.15) is 11.0 Å². The summed E-state index contributed by atoms with van der Waals surface area (Å²) in [5.41, 5.74) is 15.0. The number of hydrogen-bond donors (Lipinski definition) is 0. The summed E-state index contributed by atoms with van der Waals surface area (Å²) in [6, 6.07) is 54.6. The summed E-state index contributed by atoms with van der Waals surface area (Å²) in [6.07, 6.45) is 6.23. The molecule has 0 spiro atoms. The number of para-hydroxylation sites is 4. The highest BCUT2D eigenvalue weighted by molar-refractivity contribution is 6.24. The van der Waals surface area contributed by atoms with Gasteiger partial charge in [0.25, 0.3) is 0 Å². The van der Waals surface area contributed by atoms with Gasteiger partial charge in [-0.05, 0) is 84.8 Å². The Morgan fingerprint density at radius 1 is 0.542 bits per heavy atom. The van der Waals surface area contributed by atoms with Crippen LogP contribution in [0.4, 0.5) is 0 Å². The van der Waals surface area contributed by atoms with Crippen molar-refractivity contribution in [2.45, 2.75) is 6.92 Å². The first-order valence-electron chi connectivity index (χ1n) is 20.1. The highest BCUT2D eigenvalue weighted by Crippen LogP contribution is 2.41. The molecule has 0 N–H and O–H groups in total. The van der Waals surface area contributed by atoms with Crippen molar-refractivity contribution in [3.8, 4) is 11.4 Å². The van der Waals surface area contributed by atoms with E-state index in [0.29, 0.717) is 5.42 Å². The van der Waals surface area contributed by atoms with Crippen LogP contribution in [0.3, 0.4) is 0 Å². The molecule has 0 aliphatic rings. The van der Waals surface area contributed by atoms with Crippen LogP contribution in [0.5, 0.6) is 0 Å². The van der Waals surface area contributed by atoms with Gasteiger partial charge in [-0.15, -0.1) is 0 Å². The molecule has 0 atom stereocenters. The predicted octanol–water partition coefficient (Wildman–Crippen LogP) is 12.1. The molecule has 0 saturated carbocycles. The maximum absolute atomic E-state index is 6.19. The summed E-state index contributed by atoms with van der Waals surface area (Å²) < 4.78 is 13.5. The average Bonchev–Trinajstić information content (AvgIpc) is 4.06. The van der Waals surface area contributed by atoms with E-state index in [4.69, 9.17) is 4.42 Å². The lowest BCUT2D eigenvalue weighted by Gasteiger charge is -2.11. The van der Waals surface area contributed by atoms with Gasteiger partial charge in [-0.3, -0.25) is 0 Å². The van der Waals surface area contributed by atoms with Crippen molar-refractivity contribution in [2.75, 3.05) is 0 Å². The Balaban J connectivity index is 1.25. The van der Waals surface area contributed by atoms with Gasteiger partial charge in [0.05, 0.1) is 38.6 Å². The number of hydrogen-bond acceptors (Lipinski definition) is 1. The Kier molecular flexibility index (Phi) is 6.97. The fourth-order valence-corrected chi connectivity index (χ4v) is 10.1. The van der Waals surface area contributed by atoms with Crippen molar-refractivity contribution in [2.24, 2.45) is 0 Å². The molecule has 0 amide bonds. The lowest BCUT2D eigenvalue weighted by molar-refractivity contribution is 0.577. The van der Waals surface area contributed by atoms with E-state index in [1.807, 2.05) is 30.4 Å². The van der Waals surface area contributed by atoms with E-state index in [9.17, 15) is 0 Å². The second-order valence-corrected chi connectivity index (χ2v) is 15.3. The standard InChI is InChI=1S/C55H37N3O/c1-5-37(52-33(4)59-51-24-16-13-21-43(51)52)34-25-28-47-44(31-34)54-48(29-30-49-53(54)39(7-3)55-38(6-2)40-19-11-15-23-46(40)58(49)55)57(47)36-26-27-42-41-20-12-14-22-45(41)56(50(42)32-36)35-17-9-8-10-18-35/h5-32H,1-2,4H2,3H3/b39-7-,52-37-. The SMILES string of the molecule is C=C/C(c1ccc2c(c1)c1c3/c(=C/C)c4c(C=C)c5ccccc5n4c3ccc1n2-c1ccc2c3ccccc3n(-c3ccccc3)c2c1)=c1\c(=C)oc2ccccc12. The van der Waals surface area contributed by atoms with Gasteiger partial charge < -0.3 is 18.0 Å². The van der Waals surface area contributed by atoms with Crippen LogP contribution in [-0.4, -0.2) is 13.5 Å². The Labute approximate surface area is 339 Å². The molecular formula is C55H37N3O. The maximum Gasteiger partial charge on any atom is 0.135 e. The topological polar surface area (TPSA) is 27.4 Å². The number of benzene rings is 7. The first kappa shape index (κ1) is 33.3. The van der Waals surface area contributed by atoms with Crippen LogP contribution < -0.4 is 15.9 Å².